The average Bonchev–Trinajstić information content (AvgIpc) is 2.95. The van der Waals surface area contributed by atoms with Crippen molar-refractivity contribution in [1.82, 2.24) is 9.13 Å². The van der Waals surface area contributed by atoms with Crippen molar-refractivity contribution in [2.24, 2.45) is 5.73 Å². The van der Waals surface area contributed by atoms with Crippen LogP contribution >= 0.6 is 11.3 Å². The highest BCUT2D eigenvalue weighted by Gasteiger charge is 2.35. The highest BCUT2D eigenvalue weighted by Crippen LogP contribution is 2.38. The Hall–Kier alpha value is -1.97. The average molecular weight is 422 g/mol. The van der Waals surface area contributed by atoms with Crippen LogP contribution in [0, 0.1) is 0 Å². The lowest BCUT2D eigenvalue weighted by Crippen LogP contribution is -2.47. The van der Waals surface area contributed by atoms with Crippen LogP contribution < -0.4 is 17.0 Å². The van der Waals surface area contributed by atoms with Gasteiger partial charge in [0, 0.05) is 23.9 Å². The minimum atomic E-state index is -0.617. The van der Waals surface area contributed by atoms with E-state index < -0.39 is 22.8 Å². The first-order valence-electron chi connectivity index (χ1n) is 9.85. The number of aromatic nitrogens is 2. The van der Waals surface area contributed by atoms with Gasteiger partial charge in [0.15, 0.2) is 0 Å². The number of primary amides is 1. The first-order chi connectivity index (χ1) is 13.5. The second-order valence-corrected chi connectivity index (χ2v) is 10.3. The van der Waals surface area contributed by atoms with Gasteiger partial charge < -0.3 is 15.2 Å². The van der Waals surface area contributed by atoms with Gasteiger partial charge in [-0.2, -0.15) is 0 Å². The molecule has 0 spiro atoms. The number of hydrogen-bond acceptors (Lipinski definition) is 6. The zero-order valence-electron chi connectivity index (χ0n) is 17.2. The number of ether oxygens (including phenoxy) is 2. The molecule has 2 aliphatic heterocycles. The van der Waals surface area contributed by atoms with Crippen molar-refractivity contribution < 1.29 is 14.3 Å². The molecule has 0 aromatic carbocycles. The summed E-state index contributed by atoms with van der Waals surface area (Å²) in [7, 11) is 0. The van der Waals surface area contributed by atoms with Gasteiger partial charge in [0.1, 0.15) is 11.4 Å². The lowest BCUT2D eigenvalue weighted by molar-refractivity contribution is -0.118. The topological polar surface area (TPSA) is 106 Å². The second kappa shape index (κ2) is 6.78. The van der Waals surface area contributed by atoms with Gasteiger partial charge in [0.2, 0.25) is 5.91 Å². The van der Waals surface area contributed by atoms with Crippen LogP contribution in [0.4, 0.5) is 0 Å². The highest BCUT2D eigenvalue weighted by molar-refractivity contribution is 7.18. The zero-order chi connectivity index (χ0) is 21.1. The van der Waals surface area contributed by atoms with E-state index in [1.165, 1.54) is 20.5 Å². The van der Waals surface area contributed by atoms with E-state index in [0.29, 0.717) is 42.7 Å². The maximum Gasteiger partial charge on any atom is 0.332 e. The molecule has 4 rings (SSSR count). The Bertz CT molecular complexity index is 1110. The number of thiophene rings is 1. The molecule has 0 bridgehead atoms. The van der Waals surface area contributed by atoms with Gasteiger partial charge in [0.25, 0.3) is 5.56 Å². The first-order valence-corrected chi connectivity index (χ1v) is 10.7. The van der Waals surface area contributed by atoms with E-state index >= 15 is 0 Å². The largest absolute Gasteiger partial charge is 0.375 e. The number of carbonyl (C=O) groups excluding carboxylic acids is 1. The molecule has 1 atom stereocenters. The van der Waals surface area contributed by atoms with Crippen molar-refractivity contribution in [1.29, 1.82) is 0 Å². The van der Waals surface area contributed by atoms with Crippen molar-refractivity contribution in [2.45, 2.75) is 77.4 Å². The molecule has 1 amide bonds. The van der Waals surface area contributed by atoms with Crippen LogP contribution in [0.3, 0.4) is 0 Å². The third kappa shape index (κ3) is 3.55. The van der Waals surface area contributed by atoms with Crippen molar-refractivity contribution >= 4 is 27.5 Å². The van der Waals surface area contributed by atoms with Gasteiger partial charge in [-0.1, -0.05) is 0 Å². The molecular formula is C20H27N3O5S. The lowest BCUT2D eigenvalue weighted by atomic mass is 9.93. The standard InChI is InChI=1S/C20H27N3O5S/c1-19(2)7-11(5-6-27-19)23-16(25)15-12-8-20(3,4)28-10-13(12)29-17(15)22(18(23)26)9-14(21)24/h11H,5-10H2,1-4H3,(H2,21,24)/t11-/m0/s1. The molecule has 158 valence electrons. The smallest absolute Gasteiger partial charge is 0.332 e. The first kappa shape index (κ1) is 20.3. The lowest BCUT2D eigenvalue weighted by Gasteiger charge is -2.36. The Morgan fingerprint density at radius 2 is 1.93 bits per heavy atom. The van der Waals surface area contributed by atoms with Crippen molar-refractivity contribution in [3.8, 4) is 0 Å². The number of rotatable bonds is 3. The Morgan fingerprint density at radius 3 is 2.59 bits per heavy atom. The SMILES string of the molecule is CC1(C)Cc2c(sc3c2c(=O)n([C@H]2CCOC(C)(C)C2)c(=O)n3CC(N)=O)CO1. The molecule has 0 saturated carbocycles. The molecule has 8 nitrogen and oxygen atoms in total. The van der Waals surface area contributed by atoms with E-state index in [9.17, 15) is 14.4 Å². The predicted molar refractivity (Wildman–Crippen MR) is 110 cm³/mol. The summed E-state index contributed by atoms with van der Waals surface area (Å²) in [6, 6.07) is -0.286. The van der Waals surface area contributed by atoms with Crippen LogP contribution in [-0.4, -0.2) is 32.9 Å². The third-order valence-corrected chi connectivity index (χ3v) is 6.96. The quantitative estimate of drug-likeness (QED) is 0.812. The fourth-order valence-electron chi connectivity index (χ4n) is 4.41. The summed E-state index contributed by atoms with van der Waals surface area (Å²) in [6.45, 7) is 8.48. The summed E-state index contributed by atoms with van der Waals surface area (Å²) < 4.78 is 14.3. The van der Waals surface area contributed by atoms with Crippen LogP contribution in [0.5, 0.6) is 0 Å². The van der Waals surface area contributed by atoms with Crippen molar-refractivity contribution in [3.05, 3.63) is 31.3 Å². The van der Waals surface area contributed by atoms with Crippen molar-refractivity contribution in [3.63, 3.8) is 0 Å². The Balaban J connectivity index is 2.00. The van der Waals surface area contributed by atoms with Crippen LogP contribution in [0.2, 0.25) is 0 Å². The maximum atomic E-state index is 13.6. The minimum absolute atomic E-state index is 0.258. The molecule has 9 heteroatoms. The van der Waals surface area contributed by atoms with Crippen LogP contribution in [0.15, 0.2) is 9.59 Å². The monoisotopic (exact) mass is 421 g/mol. The summed E-state index contributed by atoms with van der Waals surface area (Å²) >= 11 is 1.34. The molecule has 2 aromatic heterocycles. The summed E-state index contributed by atoms with van der Waals surface area (Å²) in [5, 5.41) is 0.520. The maximum absolute atomic E-state index is 13.6. The normalized spacial score (nSPS) is 23.1. The molecule has 4 heterocycles. The van der Waals surface area contributed by atoms with Gasteiger partial charge in [-0.25, -0.2) is 4.79 Å². The van der Waals surface area contributed by atoms with Crippen LogP contribution in [0.1, 0.15) is 57.0 Å². The Labute approximate surface area is 172 Å². The highest BCUT2D eigenvalue weighted by atomic mass is 32.1. The van der Waals surface area contributed by atoms with Gasteiger partial charge in [-0.3, -0.25) is 18.7 Å². The number of amides is 1. The van der Waals surface area contributed by atoms with Gasteiger partial charge in [0.05, 0.1) is 23.2 Å². The fourth-order valence-corrected chi connectivity index (χ4v) is 5.63. The molecule has 2 N–H and O–H groups in total. The summed E-state index contributed by atoms with van der Waals surface area (Å²) in [6.07, 6.45) is 1.69. The molecule has 0 unspecified atom stereocenters. The number of nitrogens with zero attached hydrogens (tertiary/aromatic N) is 2. The minimum Gasteiger partial charge on any atom is -0.375 e. The molecule has 29 heavy (non-hydrogen) atoms. The van der Waals surface area contributed by atoms with Crippen LogP contribution in [-0.2, 0) is 33.8 Å². The van der Waals surface area contributed by atoms with Crippen LogP contribution in [0.25, 0.3) is 10.2 Å². The molecule has 1 fully saturated rings. The second-order valence-electron chi connectivity index (χ2n) is 9.17. The van der Waals surface area contributed by atoms with E-state index in [1.54, 1.807) is 0 Å². The zero-order valence-corrected chi connectivity index (χ0v) is 18.1. The van der Waals surface area contributed by atoms with E-state index in [1.807, 2.05) is 27.7 Å². The van der Waals surface area contributed by atoms with E-state index in [-0.39, 0.29) is 18.1 Å². The molecular weight excluding hydrogens is 394 g/mol. The van der Waals surface area contributed by atoms with E-state index in [2.05, 4.69) is 0 Å². The molecule has 2 aromatic rings. The summed E-state index contributed by atoms with van der Waals surface area (Å²) in [5.41, 5.74) is 4.75. The van der Waals surface area contributed by atoms with Gasteiger partial charge >= 0.3 is 5.69 Å². The predicted octanol–water partition coefficient (Wildman–Crippen LogP) is 1.69. The van der Waals surface area contributed by atoms with Gasteiger partial charge in [-0.05, 0) is 46.1 Å². The number of hydrogen-bond donors (Lipinski definition) is 1. The molecule has 2 aliphatic rings. The Kier molecular flexibility index (Phi) is 4.75. The molecule has 0 aliphatic carbocycles. The Morgan fingerprint density at radius 1 is 1.21 bits per heavy atom. The van der Waals surface area contributed by atoms with E-state index in [0.717, 1.165) is 10.4 Å². The number of nitrogens with two attached hydrogens (primary N) is 1. The van der Waals surface area contributed by atoms with E-state index in [4.69, 9.17) is 15.2 Å². The fraction of sp³-hybridized carbons (Fsp3) is 0.650. The number of carbonyl (C=O) groups is 1. The third-order valence-electron chi connectivity index (χ3n) is 5.73. The molecule has 0 radical (unpaired) electrons. The van der Waals surface area contributed by atoms with Gasteiger partial charge in [-0.15, -0.1) is 11.3 Å². The number of fused-ring (bicyclic) bond motifs is 3. The van der Waals surface area contributed by atoms with Crippen molar-refractivity contribution in [2.75, 3.05) is 6.61 Å². The molecule has 1 saturated heterocycles. The summed E-state index contributed by atoms with van der Waals surface area (Å²) in [5.74, 6) is -0.617. The summed E-state index contributed by atoms with van der Waals surface area (Å²) in [4.78, 5) is 40.1.